The molecular formula is C21H26N2OS. The number of piperidine rings is 1. The van der Waals surface area contributed by atoms with E-state index in [9.17, 15) is 4.79 Å². The number of aryl methyl sites for hydroxylation is 1. The summed E-state index contributed by atoms with van der Waals surface area (Å²) >= 11 is 1.65. The Morgan fingerprint density at radius 3 is 2.44 bits per heavy atom. The molecule has 0 spiro atoms. The molecule has 1 fully saturated rings. The molecule has 1 aliphatic heterocycles. The minimum atomic E-state index is -0.0482. The molecule has 1 amide bonds. The van der Waals surface area contributed by atoms with Crippen LogP contribution in [0.1, 0.15) is 35.7 Å². The lowest BCUT2D eigenvalue weighted by atomic mass is 9.99. The monoisotopic (exact) mass is 354 g/mol. The third-order valence-electron chi connectivity index (χ3n) is 4.96. The van der Waals surface area contributed by atoms with Gasteiger partial charge in [0, 0.05) is 34.9 Å². The molecule has 0 atom stereocenters. The molecule has 0 unspecified atom stereocenters. The van der Waals surface area contributed by atoms with Gasteiger partial charge in [0.25, 0.3) is 5.91 Å². The average Bonchev–Trinajstić information content (AvgIpc) is 2.63. The van der Waals surface area contributed by atoms with Crippen LogP contribution in [-0.2, 0) is 0 Å². The van der Waals surface area contributed by atoms with Gasteiger partial charge >= 0.3 is 0 Å². The standard InChI is InChI=1S/C21H26N2OS/c1-15-10-12-23(13-11-15)18-7-5-17(6-8-18)22-21(24)20-14-19(25-3)9-4-16(20)2/h4-9,14-15H,10-13H2,1-3H3,(H,22,24). The summed E-state index contributed by atoms with van der Waals surface area (Å²) in [6.45, 7) is 6.53. The number of thioether (sulfide) groups is 1. The first-order chi connectivity index (χ1) is 12.1. The Morgan fingerprint density at radius 2 is 1.80 bits per heavy atom. The molecule has 1 aliphatic rings. The molecular weight excluding hydrogens is 328 g/mol. The van der Waals surface area contributed by atoms with Crippen LogP contribution in [0, 0.1) is 12.8 Å². The number of rotatable bonds is 4. The Bertz CT molecular complexity index is 734. The summed E-state index contributed by atoms with van der Waals surface area (Å²) in [6.07, 6.45) is 4.53. The number of hydrogen-bond acceptors (Lipinski definition) is 3. The normalized spacial score (nSPS) is 15.2. The maximum atomic E-state index is 12.6. The Hall–Kier alpha value is -1.94. The molecule has 3 nitrogen and oxygen atoms in total. The highest BCUT2D eigenvalue weighted by atomic mass is 32.2. The van der Waals surface area contributed by atoms with Crippen molar-refractivity contribution >= 4 is 29.0 Å². The van der Waals surface area contributed by atoms with Crippen molar-refractivity contribution in [1.29, 1.82) is 0 Å². The lowest BCUT2D eigenvalue weighted by Gasteiger charge is -2.32. The zero-order valence-corrected chi connectivity index (χ0v) is 16.0. The maximum Gasteiger partial charge on any atom is 0.255 e. The van der Waals surface area contributed by atoms with Gasteiger partial charge in [-0.2, -0.15) is 0 Å². The van der Waals surface area contributed by atoms with Crippen molar-refractivity contribution in [3.63, 3.8) is 0 Å². The lowest BCUT2D eigenvalue weighted by Crippen LogP contribution is -2.32. The molecule has 132 valence electrons. The zero-order chi connectivity index (χ0) is 17.8. The van der Waals surface area contributed by atoms with Gasteiger partial charge < -0.3 is 10.2 Å². The number of nitrogens with zero attached hydrogens (tertiary/aromatic N) is 1. The predicted molar refractivity (Wildman–Crippen MR) is 108 cm³/mol. The minimum absolute atomic E-state index is 0.0482. The summed E-state index contributed by atoms with van der Waals surface area (Å²) in [7, 11) is 0. The molecule has 2 aromatic carbocycles. The van der Waals surface area contributed by atoms with E-state index in [2.05, 4.69) is 29.3 Å². The van der Waals surface area contributed by atoms with Crippen LogP contribution in [0.25, 0.3) is 0 Å². The van der Waals surface area contributed by atoms with E-state index in [4.69, 9.17) is 0 Å². The van der Waals surface area contributed by atoms with Crippen LogP contribution in [0.5, 0.6) is 0 Å². The number of carbonyl (C=O) groups excluding carboxylic acids is 1. The van der Waals surface area contributed by atoms with Crippen molar-refractivity contribution in [2.45, 2.75) is 31.6 Å². The van der Waals surface area contributed by atoms with Crippen LogP contribution in [0.4, 0.5) is 11.4 Å². The van der Waals surface area contributed by atoms with Crippen molar-refractivity contribution in [3.8, 4) is 0 Å². The predicted octanol–water partition coefficient (Wildman–Crippen LogP) is 5.21. The fourth-order valence-electron chi connectivity index (χ4n) is 3.19. The zero-order valence-electron chi connectivity index (χ0n) is 15.2. The molecule has 1 heterocycles. The van der Waals surface area contributed by atoms with Crippen molar-refractivity contribution in [3.05, 3.63) is 53.6 Å². The molecule has 0 radical (unpaired) electrons. The van der Waals surface area contributed by atoms with Crippen LogP contribution in [0.15, 0.2) is 47.4 Å². The number of nitrogens with one attached hydrogen (secondary N) is 1. The smallest absolute Gasteiger partial charge is 0.255 e. The molecule has 0 aromatic heterocycles. The SMILES string of the molecule is CSc1ccc(C)c(C(=O)Nc2ccc(N3CCC(C)CC3)cc2)c1. The van der Waals surface area contributed by atoms with E-state index < -0.39 is 0 Å². The van der Waals surface area contributed by atoms with Crippen LogP contribution in [-0.4, -0.2) is 25.3 Å². The summed E-state index contributed by atoms with van der Waals surface area (Å²) in [4.78, 5) is 16.1. The third kappa shape index (κ3) is 4.37. The van der Waals surface area contributed by atoms with E-state index in [1.165, 1.54) is 18.5 Å². The second-order valence-corrected chi connectivity index (χ2v) is 7.73. The molecule has 4 heteroatoms. The van der Waals surface area contributed by atoms with Gasteiger partial charge in [0.2, 0.25) is 0 Å². The van der Waals surface area contributed by atoms with Crippen LogP contribution in [0.2, 0.25) is 0 Å². The van der Waals surface area contributed by atoms with Crippen molar-refractivity contribution in [2.75, 3.05) is 29.6 Å². The van der Waals surface area contributed by atoms with E-state index >= 15 is 0 Å². The van der Waals surface area contributed by atoms with Gasteiger partial charge in [-0.3, -0.25) is 4.79 Å². The fourth-order valence-corrected chi connectivity index (χ4v) is 3.63. The highest BCUT2D eigenvalue weighted by molar-refractivity contribution is 7.98. The van der Waals surface area contributed by atoms with E-state index in [0.29, 0.717) is 0 Å². The maximum absolute atomic E-state index is 12.6. The Balaban J connectivity index is 1.68. The van der Waals surface area contributed by atoms with Gasteiger partial charge in [0.05, 0.1) is 0 Å². The third-order valence-corrected chi connectivity index (χ3v) is 5.69. The summed E-state index contributed by atoms with van der Waals surface area (Å²) in [6, 6.07) is 14.2. The molecule has 3 rings (SSSR count). The first-order valence-corrected chi connectivity index (χ1v) is 10.1. The van der Waals surface area contributed by atoms with Gasteiger partial charge in [-0.05, 0) is 73.9 Å². The van der Waals surface area contributed by atoms with Crippen molar-refractivity contribution in [2.24, 2.45) is 5.92 Å². The number of anilines is 2. The minimum Gasteiger partial charge on any atom is -0.372 e. The second-order valence-electron chi connectivity index (χ2n) is 6.85. The summed E-state index contributed by atoms with van der Waals surface area (Å²) in [5.41, 5.74) is 3.81. The van der Waals surface area contributed by atoms with Crippen molar-refractivity contribution < 1.29 is 4.79 Å². The van der Waals surface area contributed by atoms with Crippen molar-refractivity contribution in [1.82, 2.24) is 0 Å². The van der Waals surface area contributed by atoms with Gasteiger partial charge in [-0.15, -0.1) is 11.8 Å². The molecule has 0 aliphatic carbocycles. The van der Waals surface area contributed by atoms with E-state index in [1.54, 1.807) is 11.8 Å². The molecule has 25 heavy (non-hydrogen) atoms. The summed E-state index contributed by atoms with van der Waals surface area (Å²) in [5, 5.41) is 3.02. The molecule has 1 N–H and O–H groups in total. The van der Waals surface area contributed by atoms with Crippen LogP contribution in [0.3, 0.4) is 0 Å². The van der Waals surface area contributed by atoms with Gasteiger partial charge in [-0.25, -0.2) is 0 Å². The first kappa shape index (κ1) is 17.9. The number of benzene rings is 2. The van der Waals surface area contributed by atoms with Gasteiger partial charge in [0.1, 0.15) is 0 Å². The Morgan fingerprint density at radius 1 is 1.12 bits per heavy atom. The Kier molecular flexibility index (Phi) is 5.69. The largest absolute Gasteiger partial charge is 0.372 e. The Labute approximate surface area is 154 Å². The molecule has 0 bridgehead atoms. The second kappa shape index (κ2) is 7.96. The van der Waals surface area contributed by atoms with Gasteiger partial charge in [0.15, 0.2) is 0 Å². The summed E-state index contributed by atoms with van der Waals surface area (Å²) in [5.74, 6) is 0.781. The number of hydrogen-bond donors (Lipinski definition) is 1. The number of carbonyl (C=O) groups is 1. The fraction of sp³-hybridized carbons (Fsp3) is 0.381. The van der Waals surface area contributed by atoms with E-state index in [-0.39, 0.29) is 5.91 Å². The lowest BCUT2D eigenvalue weighted by molar-refractivity contribution is 0.102. The van der Waals surface area contributed by atoms with E-state index in [1.807, 2.05) is 43.5 Å². The number of amides is 1. The van der Waals surface area contributed by atoms with Crippen LogP contribution >= 0.6 is 11.8 Å². The van der Waals surface area contributed by atoms with Gasteiger partial charge in [-0.1, -0.05) is 13.0 Å². The van der Waals surface area contributed by atoms with E-state index in [0.717, 1.165) is 40.7 Å². The molecule has 0 saturated carbocycles. The van der Waals surface area contributed by atoms with Crippen LogP contribution < -0.4 is 10.2 Å². The molecule has 2 aromatic rings. The average molecular weight is 355 g/mol. The topological polar surface area (TPSA) is 32.3 Å². The highest BCUT2D eigenvalue weighted by Crippen LogP contribution is 2.25. The first-order valence-electron chi connectivity index (χ1n) is 8.88. The quantitative estimate of drug-likeness (QED) is 0.765. The molecule has 1 saturated heterocycles. The highest BCUT2D eigenvalue weighted by Gasteiger charge is 2.16. The summed E-state index contributed by atoms with van der Waals surface area (Å²) < 4.78 is 0.